The van der Waals surface area contributed by atoms with E-state index in [1.54, 1.807) is 6.07 Å². The number of amides is 2. The molecule has 1 fully saturated rings. The minimum Gasteiger partial charge on any atom is -0.296 e. The van der Waals surface area contributed by atoms with Crippen molar-refractivity contribution >= 4 is 39.3 Å². The summed E-state index contributed by atoms with van der Waals surface area (Å²) >= 11 is 9.51. The lowest BCUT2D eigenvalue weighted by Gasteiger charge is -2.33. The van der Waals surface area contributed by atoms with Gasteiger partial charge in [0.25, 0.3) is 0 Å². The number of hydrogen-bond acceptors (Lipinski definition) is 2. The van der Waals surface area contributed by atoms with Gasteiger partial charge in [-0.25, -0.2) is 0 Å². The second-order valence-electron chi connectivity index (χ2n) is 4.51. The minimum absolute atomic E-state index is 0.247. The van der Waals surface area contributed by atoms with E-state index in [-0.39, 0.29) is 24.7 Å². The molecule has 1 aliphatic heterocycles. The summed E-state index contributed by atoms with van der Waals surface area (Å²) in [4.78, 5) is 22.9. The Bertz CT molecular complexity index is 485. The first-order valence-electron chi connectivity index (χ1n) is 5.19. The van der Waals surface area contributed by atoms with Crippen LogP contribution in [0.2, 0.25) is 5.02 Å². The number of halogens is 2. The second-order valence-corrected chi connectivity index (χ2v) is 5.83. The van der Waals surface area contributed by atoms with Gasteiger partial charge in [-0.1, -0.05) is 40.5 Å². The van der Waals surface area contributed by atoms with E-state index in [2.05, 4.69) is 21.2 Å². The normalized spacial score (nSPS) is 19.0. The first-order valence-corrected chi connectivity index (χ1v) is 6.36. The predicted molar refractivity (Wildman–Crippen MR) is 68.9 cm³/mol. The Kier molecular flexibility index (Phi) is 3.27. The fourth-order valence-corrected chi connectivity index (χ4v) is 3.09. The standard InChI is InChI=1S/C12H11BrClNO2/c1-12(5-10(16)15-11(17)6-12)8-3-2-7(13)4-9(8)14/h2-4H,5-6H2,1H3,(H,15,16,17). The number of piperidine rings is 1. The maximum atomic E-state index is 11.5. The van der Waals surface area contributed by atoms with Gasteiger partial charge in [0, 0.05) is 27.8 Å². The highest BCUT2D eigenvalue weighted by atomic mass is 79.9. The van der Waals surface area contributed by atoms with Crippen LogP contribution in [0, 0.1) is 0 Å². The Labute approximate surface area is 113 Å². The molecule has 0 saturated carbocycles. The van der Waals surface area contributed by atoms with Gasteiger partial charge in [0.1, 0.15) is 0 Å². The lowest BCUT2D eigenvalue weighted by molar-refractivity contribution is -0.135. The van der Waals surface area contributed by atoms with E-state index >= 15 is 0 Å². The van der Waals surface area contributed by atoms with Gasteiger partial charge in [-0.3, -0.25) is 14.9 Å². The van der Waals surface area contributed by atoms with Crippen LogP contribution in [-0.4, -0.2) is 11.8 Å². The van der Waals surface area contributed by atoms with Crippen LogP contribution in [0.1, 0.15) is 25.3 Å². The smallest absolute Gasteiger partial charge is 0.227 e. The molecule has 0 aliphatic carbocycles. The van der Waals surface area contributed by atoms with Gasteiger partial charge < -0.3 is 0 Å². The molecular formula is C12H11BrClNO2. The average molecular weight is 317 g/mol. The molecule has 2 rings (SSSR count). The highest BCUT2D eigenvalue weighted by Crippen LogP contribution is 2.38. The van der Waals surface area contributed by atoms with Crippen molar-refractivity contribution in [2.24, 2.45) is 0 Å². The molecule has 3 nitrogen and oxygen atoms in total. The molecule has 0 radical (unpaired) electrons. The van der Waals surface area contributed by atoms with Crippen molar-refractivity contribution in [3.8, 4) is 0 Å². The molecule has 0 unspecified atom stereocenters. The molecule has 1 N–H and O–H groups in total. The molecule has 0 atom stereocenters. The fourth-order valence-electron chi connectivity index (χ4n) is 2.18. The monoisotopic (exact) mass is 315 g/mol. The molecule has 2 amide bonds. The SMILES string of the molecule is CC1(c2ccc(Br)cc2Cl)CC(=O)NC(=O)C1. The molecule has 0 aromatic heterocycles. The van der Waals surface area contributed by atoms with Crippen molar-refractivity contribution in [2.75, 3.05) is 0 Å². The van der Waals surface area contributed by atoms with Crippen LogP contribution < -0.4 is 5.32 Å². The van der Waals surface area contributed by atoms with Gasteiger partial charge in [0.2, 0.25) is 11.8 Å². The zero-order valence-electron chi connectivity index (χ0n) is 9.22. The van der Waals surface area contributed by atoms with E-state index in [0.29, 0.717) is 5.02 Å². The highest BCUT2D eigenvalue weighted by molar-refractivity contribution is 9.10. The molecule has 0 spiro atoms. The Morgan fingerprint density at radius 3 is 2.41 bits per heavy atom. The summed E-state index contributed by atoms with van der Waals surface area (Å²) in [5.41, 5.74) is 0.322. The first-order chi connectivity index (χ1) is 7.90. The Morgan fingerprint density at radius 1 is 1.29 bits per heavy atom. The van der Waals surface area contributed by atoms with Crippen LogP contribution in [0.25, 0.3) is 0 Å². The van der Waals surface area contributed by atoms with E-state index in [1.165, 1.54) is 0 Å². The number of hydrogen-bond donors (Lipinski definition) is 1. The van der Waals surface area contributed by atoms with E-state index in [4.69, 9.17) is 11.6 Å². The fraction of sp³-hybridized carbons (Fsp3) is 0.333. The van der Waals surface area contributed by atoms with Crippen LogP contribution in [0.5, 0.6) is 0 Å². The molecule has 0 bridgehead atoms. The van der Waals surface area contributed by atoms with Gasteiger partial charge in [-0.2, -0.15) is 0 Å². The van der Waals surface area contributed by atoms with E-state index < -0.39 is 5.41 Å². The summed E-state index contributed by atoms with van der Waals surface area (Å²) in [6.45, 7) is 1.89. The molecule has 1 aromatic carbocycles. The maximum Gasteiger partial charge on any atom is 0.227 e. The van der Waals surface area contributed by atoms with Crippen molar-refractivity contribution in [3.05, 3.63) is 33.3 Å². The number of carbonyl (C=O) groups is 2. The van der Waals surface area contributed by atoms with Crippen molar-refractivity contribution in [1.82, 2.24) is 5.32 Å². The summed E-state index contributed by atoms with van der Waals surface area (Å²) in [7, 11) is 0. The van der Waals surface area contributed by atoms with Crippen LogP contribution in [0.3, 0.4) is 0 Å². The zero-order chi connectivity index (χ0) is 12.6. The summed E-state index contributed by atoms with van der Waals surface area (Å²) in [5, 5.41) is 2.88. The second kappa shape index (κ2) is 4.42. The quantitative estimate of drug-likeness (QED) is 0.810. The lowest BCUT2D eigenvalue weighted by atomic mass is 9.74. The topological polar surface area (TPSA) is 46.2 Å². The number of imide groups is 1. The third-order valence-corrected chi connectivity index (χ3v) is 3.77. The molecule has 17 heavy (non-hydrogen) atoms. The summed E-state index contributed by atoms with van der Waals surface area (Å²) < 4.78 is 0.876. The van der Waals surface area contributed by atoms with Gasteiger partial charge in [-0.05, 0) is 17.7 Å². The molecule has 1 aliphatic rings. The van der Waals surface area contributed by atoms with Gasteiger partial charge in [0.05, 0.1) is 0 Å². The Hall–Kier alpha value is -0.870. The largest absolute Gasteiger partial charge is 0.296 e. The minimum atomic E-state index is -0.517. The van der Waals surface area contributed by atoms with Crippen LogP contribution in [-0.2, 0) is 15.0 Å². The maximum absolute atomic E-state index is 11.5. The molecule has 5 heteroatoms. The summed E-state index contributed by atoms with van der Waals surface area (Å²) in [6.07, 6.45) is 0.556. The molecule has 1 saturated heterocycles. The molecule has 90 valence electrons. The van der Waals surface area contributed by atoms with Crippen molar-refractivity contribution < 1.29 is 9.59 Å². The van der Waals surface area contributed by atoms with Crippen LogP contribution >= 0.6 is 27.5 Å². The van der Waals surface area contributed by atoms with Crippen molar-refractivity contribution in [2.45, 2.75) is 25.2 Å². The number of rotatable bonds is 1. The lowest BCUT2D eigenvalue weighted by Crippen LogP contribution is -2.45. The van der Waals surface area contributed by atoms with E-state index in [9.17, 15) is 9.59 Å². The third-order valence-electron chi connectivity index (χ3n) is 2.96. The highest BCUT2D eigenvalue weighted by Gasteiger charge is 2.38. The molecular weight excluding hydrogens is 305 g/mol. The molecule has 1 aromatic rings. The zero-order valence-corrected chi connectivity index (χ0v) is 11.6. The van der Waals surface area contributed by atoms with Gasteiger partial charge >= 0.3 is 0 Å². The Balaban J connectivity index is 2.43. The number of benzene rings is 1. The predicted octanol–water partition coefficient (Wildman–Crippen LogP) is 2.80. The van der Waals surface area contributed by atoms with Gasteiger partial charge in [-0.15, -0.1) is 0 Å². The third kappa shape index (κ3) is 2.53. The van der Waals surface area contributed by atoms with E-state index in [1.807, 2.05) is 19.1 Å². The Morgan fingerprint density at radius 2 is 1.88 bits per heavy atom. The van der Waals surface area contributed by atoms with Crippen LogP contribution in [0.4, 0.5) is 0 Å². The van der Waals surface area contributed by atoms with Crippen molar-refractivity contribution in [3.63, 3.8) is 0 Å². The molecule has 1 heterocycles. The summed E-state index contributed by atoms with van der Waals surface area (Å²) in [5.74, 6) is -0.495. The van der Waals surface area contributed by atoms with Crippen LogP contribution in [0.15, 0.2) is 22.7 Å². The first kappa shape index (κ1) is 12.6. The number of nitrogens with one attached hydrogen (secondary N) is 1. The average Bonchev–Trinajstić information content (AvgIpc) is 2.13. The van der Waals surface area contributed by atoms with E-state index in [0.717, 1.165) is 10.0 Å². The summed E-state index contributed by atoms with van der Waals surface area (Å²) in [6, 6.07) is 5.50. The van der Waals surface area contributed by atoms with Gasteiger partial charge in [0.15, 0.2) is 0 Å². The van der Waals surface area contributed by atoms with Crippen molar-refractivity contribution in [1.29, 1.82) is 0 Å². The number of carbonyl (C=O) groups excluding carboxylic acids is 2.